The summed E-state index contributed by atoms with van der Waals surface area (Å²) < 4.78 is 37.4. The number of alkyl halides is 2. The smallest absolute Gasteiger partial charge is 0.266 e. The Balaban J connectivity index is 3.18. The van der Waals surface area contributed by atoms with Crippen molar-refractivity contribution in [3.05, 3.63) is 35.1 Å². The molecule has 1 N–H and O–H groups in total. The first kappa shape index (κ1) is 10.1. The molecule has 0 heterocycles. The number of hydrogen-bond acceptors (Lipinski definition) is 1. The number of benzene rings is 1. The molecule has 1 rings (SSSR count). The normalized spacial score (nSPS) is 13.4. The fraction of sp³-hybridized carbons (Fsp3) is 0.333. The molecule has 0 amide bonds. The largest absolute Gasteiger partial charge is 0.389 e. The first-order valence-corrected chi connectivity index (χ1v) is 3.78. The summed E-state index contributed by atoms with van der Waals surface area (Å²) in [6.45, 7) is 1.33. The maximum absolute atomic E-state index is 13.1. The van der Waals surface area contributed by atoms with Crippen LogP contribution in [0.4, 0.5) is 13.2 Å². The van der Waals surface area contributed by atoms with E-state index in [0.717, 1.165) is 6.07 Å². The Morgan fingerprint density at radius 1 is 1.23 bits per heavy atom. The number of halogens is 3. The van der Waals surface area contributed by atoms with Crippen molar-refractivity contribution < 1.29 is 18.3 Å². The van der Waals surface area contributed by atoms with Crippen LogP contribution >= 0.6 is 0 Å². The molecular formula is C9H9F3O. The molecule has 0 bridgehead atoms. The van der Waals surface area contributed by atoms with Gasteiger partial charge in [0.2, 0.25) is 0 Å². The summed E-state index contributed by atoms with van der Waals surface area (Å²) in [7, 11) is 0. The summed E-state index contributed by atoms with van der Waals surface area (Å²) in [6, 6.07) is 3.59. The molecular weight excluding hydrogens is 181 g/mol. The van der Waals surface area contributed by atoms with Gasteiger partial charge in [-0.2, -0.15) is 0 Å². The number of rotatable bonds is 2. The van der Waals surface area contributed by atoms with Crippen LogP contribution in [0.2, 0.25) is 0 Å². The predicted molar refractivity (Wildman–Crippen MR) is 42.0 cm³/mol. The predicted octanol–water partition coefficient (Wildman–Crippen LogP) is 2.82. The van der Waals surface area contributed by atoms with Crippen molar-refractivity contribution >= 4 is 0 Å². The second-order valence-electron chi connectivity index (χ2n) is 2.73. The summed E-state index contributed by atoms with van der Waals surface area (Å²) in [5.74, 6) is -1.02. The van der Waals surface area contributed by atoms with E-state index in [1.807, 2.05) is 0 Å². The van der Waals surface area contributed by atoms with Crippen molar-refractivity contribution in [2.24, 2.45) is 0 Å². The summed E-state index contributed by atoms with van der Waals surface area (Å²) in [5.41, 5.74) is -0.767. The van der Waals surface area contributed by atoms with Crippen molar-refractivity contribution in [3.63, 3.8) is 0 Å². The summed E-state index contributed by atoms with van der Waals surface area (Å²) in [5, 5.41) is 9.03. The molecule has 4 heteroatoms. The van der Waals surface area contributed by atoms with Gasteiger partial charge in [0.1, 0.15) is 5.82 Å². The van der Waals surface area contributed by atoms with Crippen molar-refractivity contribution in [2.45, 2.75) is 19.5 Å². The Labute approximate surface area is 73.8 Å². The van der Waals surface area contributed by atoms with E-state index in [2.05, 4.69) is 0 Å². The van der Waals surface area contributed by atoms with E-state index in [1.165, 1.54) is 19.1 Å². The van der Waals surface area contributed by atoms with Crippen LogP contribution in [0.25, 0.3) is 0 Å². The van der Waals surface area contributed by atoms with Gasteiger partial charge in [0.25, 0.3) is 6.43 Å². The minimum Gasteiger partial charge on any atom is -0.389 e. The number of aliphatic hydroxyl groups is 1. The zero-order valence-corrected chi connectivity index (χ0v) is 6.97. The van der Waals surface area contributed by atoms with Crippen LogP contribution in [0.3, 0.4) is 0 Å². The quantitative estimate of drug-likeness (QED) is 0.760. The molecule has 1 unspecified atom stereocenters. The minimum absolute atomic E-state index is 0.0993. The van der Waals surface area contributed by atoms with Crippen LogP contribution < -0.4 is 0 Å². The van der Waals surface area contributed by atoms with Crippen LogP contribution in [0.5, 0.6) is 0 Å². The third kappa shape index (κ3) is 2.01. The third-order valence-electron chi connectivity index (χ3n) is 1.74. The zero-order chi connectivity index (χ0) is 10.0. The molecule has 0 saturated carbocycles. The van der Waals surface area contributed by atoms with Crippen molar-refractivity contribution in [1.29, 1.82) is 0 Å². The van der Waals surface area contributed by atoms with E-state index < -0.39 is 23.9 Å². The van der Waals surface area contributed by atoms with E-state index in [1.54, 1.807) is 0 Å². The molecule has 1 nitrogen and oxygen atoms in total. The molecule has 0 aliphatic heterocycles. The van der Waals surface area contributed by atoms with Crippen LogP contribution in [0, 0.1) is 5.82 Å². The lowest BCUT2D eigenvalue weighted by Crippen LogP contribution is -2.00. The van der Waals surface area contributed by atoms with Gasteiger partial charge in [-0.1, -0.05) is 18.2 Å². The second-order valence-corrected chi connectivity index (χ2v) is 2.73. The van der Waals surface area contributed by atoms with Gasteiger partial charge in [-0.05, 0) is 6.92 Å². The number of hydrogen-bond donors (Lipinski definition) is 1. The van der Waals surface area contributed by atoms with E-state index in [0.29, 0.717) is 0 Å². The Hall–Kier alpha value is -1.03. The van der Waals surface area contributed by atoms with Gasteiger partial charge in [-0.15, -0.1) is 0 Å². The highest BCUT2D eigenvalue weighted by Crippen LogP contribution is 2.26. The Morgan fingerprint density at radius 3 is 2.23 bits per heavy atom. The van der Waals surface area contributed by atoms with Gasteiger partial charge in [-0.25, -0.2) is 13.2 Å². The zero-order valence-electron chi connectivity index (χ0n) is 6.97. The average Bonchev–Trinajstić information content (AvgIpc) is 2.03. The Morgan fingerprint density at radius 2 is 1.77 bits per heavy atom. The molecule has 1 aromatic rings. The molecule has 0 saturated heterocycles. The second kappa shape index (κ2) is 3.79. The monoisotopic (exact) mass is 190 g/mol. The molecule has 0 aliphatic rings. The van der Waals surface area contributed by atoms with Crippen LogP contribution in [-0.2, 0) is 0 Å². The lowest BCUT2D eigenvalue weighted by molar-refractivity contribution is 0.144. The molecule has 0 aromatic heterocycles. The SMILES string of the molecule is CC(O)c1cccc(C(F)F)c1F. The van der Waals surface area contributed by atoms with Crippen LogP contribution in [-0.4, -0.2) is 5.11 Å². The third-order valence-corrected chi connectivity index (χ3v) is 1.74. The van der Waals surface area contributed by atoms with Gasteiger partial charge in [0.15, 0.2) is 0 Å². The highest BCUT2D eigenvalue weighted by atomic mass is 19.3. The number of aliphatic hydroxyl groups excluding tert-OH is 1. The van der Waals surface area contributed by atoms with Gasteiger partial charge < -0.3 is 5.11 Å². The van der Waals surface area contributed by atoms with E-state index in [9.17, 15) is 13.2 Å². The summed E-state index contributed by atoms with van der Waals surface area (Å²) in [6.07, 6.45) is -3.92. The highest BCUT2D eigenvalue weighted by Gasteiger charge is 2.17. The summed E-state index contributed by atoms with van der Waals surface area (Å²) in [4.78, 5) is 0. The molecule has 1 atom stereocenters. The summed E-state index contributed by atoms with van der Waals surface area (Å²) >= 11 is 0. The molecule has 72 valence electrons. The first-order valence-electron chi connectivity index (χ1n) is 3.78. The molecule has 0 radical (unpaired) electrons. The maximum Gasteiger partial charge on any atom is 0.266 e. The first-order chi connectivity index (χ1) is 6.04. The minimum atomic E-state index is -2.85. The molecule has 1 aromatic carbocycles. The standard InChI is InChI=1S/C9H9F3O/c1-5(13)6-3-2-4-7(8(6)10)9(11)12/h2-5,9,13H,1H3. The molecule has 0 spiro atoms. The van der Waals surface area contributed by atoms with E-state index in [4.69, 9.17) is 5.11 Å². The van der Waals surface area contributed by atoms with Gasteiger partial charge >= 0.3 is 0 Å². The molecule has 13 heavy (non-hydrogen) atoms. The maximum atomic E-state index is 13.1. The lowest BCUT2D eigenvalue weighted by Gasteiger charge is -2.09. The fourth-order valence-corrected chi connectivity index (χ4v) is 1.06. The van der Waals surface area contributed by atoms with Crippen molar-refractivity contribution in [1.82, 2.24) is 0 Å². The topological polar surface area (TPSA) is 20.2 Å². The Bertz CT molecular complexity index is 271. The van der Waals surface area contributed by atoms with Gasteiger partial charge in [0, 0.05) is 5.56 Å². The van der Waals surface area contributed by atoms with E-state index >= 15 is 0 Å². The fourth-order valence-electron chi connectivity index (χ4n) is 1.06. The van der Waals surface area contributed by atoms with Crippen LogP contribution in [0.15, 0.2) is 18.2 Å². The van der Waals surface area contributed by atoms with E-state index in [-0.39, 0.29) is 5.56 Å². The van der Waals surface area contributed by atoms with Crippen LogP contribution in [0.1, 0.15) is 30.6 Å². The highest BCUT2D eigenvalue weighted by molar-refractivity contribution is 5.28. The van der Waals surface area contributed by atoms with Gasteiger partial charge in [0.05, 0.1) is 11.7 Å². The average molecular weight is 190 g/mol. The van der Waals surface area contributed by atoms with Crippen molar-refractivity contribution in [3.8, 4) is 0 Å². The lowest BCUT2D eigenvalue weighted by atomic mass is 10.1. The molecule has 0 fully saturated rings. The Kier molecular flexibility index (Phi) is 2.93. The van der Waals surface area contributed by atoms with Gasteiger partial charge in [-0.3, -0.25) is 0 Å². The van der Waals surface area contributed by atoms with Crippen molar-refractivity contribution in [2.75, 3.05) is 0 Å². The molecule has 0 aliphatic carbocycles.